The van der Waals surface area contributed by atoms with E-state index in [0.717, 1.165) is 58.8 Å². The standard InChI is InChI=1S/C13H29N3O3S/c1-2-5-14-6-3-4-13-20(17,18)15-7-8-16-9-11-19-12-10-16/h14-15H,2-13H2,1H3. The molecular weight excluding hydrogens is 278 g/mol. The van der Waals surface area contributed by atoms with Crippen molar-refractivity contribution < 1.29 is 13.2 Å². The van der Waals surface area contributed by atoms with Crippen LogP contribution >= 0.6 is 0 Å². The van der Waals surface area contributed by atoms with E-state index in [0.29, 0.717) is 13.0 Å². The Labute approximate surface area is 123 Å². The van der Waals surface area contributed by atoms with Gasteiger partial charge in [-0.3, -0.25) is 4.90 Å². The van der Waals surface area contributed by atoms with Crippen LogP contribution in [-0.2, 0) is 14.8 Å². The van der Waals surface area contributed by atoms with Gasteiger partial charge in [-0.25, -0.2) is 13.1 Å². The van der Waals surface area contributed by atoms with Gasteiger partial charge in [0.1, 0.15) is 0 Å². The van der Waals surface area contributed by atoms with Gasteiger partial charge < -0.3 is 10.1 Å². The van der Waals surface area contributed by atoms with Gasteiger partial charge >= 0.3 is 0 Å². The third kappa shape index (κ3) is 8.86. The maximum atomic E-state index is 11.8. The number of hydrogen-bond acceptors (Lipinski definition) is 5. The maximum absolute atomic E-state index is 11.8. The molecule has 1 fully saturated rings. The molecule has 20 heavy (non-hydrogen) atoms. The van der Waals surface area contributed by atoms with E-state index >= 15 is 0 Å². The largest absolute Gasteiger partial charge is 0.379 e. The Hall–Kier alpha value is -0.210. The van der Waals surface area contributed by atoms with Crippen LogP contribution in [0.4, 0.5) is 0 Å². The molecule has 0 bridgehead atoms. The van der Waals surface area contributed by atoms with Gasteiger partial charge in [0.2, 0.25) is 10.0 Å². The zero-order chi connectivity index (χ0) is 14.7. The van der Waals surface area contributed by atoms with Crippen LogP contribution in [0, 0.1) is 0 Å². The number of rotatable bonds is 11. The van der Waals surface area contributed by atoms with Gasteiger partial charge in [-0.15, -0.1) is 0 Å². The molecule has 2 N–H and O–H groups in total. The number of ether oxygens (including phenoxy) is 1. The highest BCUT2D eigenvalue weighted by Crippen LogP contribution is 1.97. The van der Waals surface area contributed by atoms with E-state index in [9.17, 15) is 8.42 Å². The minimum atomic E-state index is -3.11. The van der Waals surface area contributed by atoms with Crippen LogP contribution in [0.1, 0.15) is 26.2 Å². The van der Waals surface area contributed by atoms with Crippen LogP contribution in [0.25, 0.3) is 0 Å². The molecule has 0 aliphatic carbocycles. The Kier molecular flexibility index (Phi) is 9.37. The molecule has 0 amide bonds. The molecule has 0 unspecified atom stereocenters. The van der Waals surface area contributed by atoms with E-state index in [1.807, 2.05) is 0 Å². The summed E-state index contributed by atoms with van der Waals surface area (Å²) in [5.41, 5.74) is 0. The van der Waals surface area contributed by atoms with Crippen molar-refractivity contribution in [3.8, 4) is 0 Å². The van der Waals surface area contributed by atoms with Gasteiger partial charge in [-0.1, -0.05) is 6.92 Å². The van der Waals surface area contributed by atoms with E-state index in [1.165, 1.54) is 0 Å². The second-order valence-corrected chi connectivity index (χ2v) is 7.05. The van der Waals surface area contributed by atoms with E-state index in [2.05, 4.69) is 21.9 Å². The molecule has 1 aliphatic rings. The molecule has 0 radical (unpaired) electrons. The van der Waals surface area contributed by atoms with Crippen LogP contribution in [-0.4, -0.2) is 71.6 Å². The van der Waals surface area contributed by atoms with Crippen molar-refractivity contribution in [1.82, 2.24) is 14.9 Å². The fourth-order valence-electron chi connectivity index (χ4n) is 2.10. The summed E-state index contributed by atoms with van der Waals surface area (Å²) in [7, 11) is -3.11. The number of morpholine rings is 1. The predicted octanol–water partition coefficient (Wildman–Crippen LogP) is 0.0178. The van der Waals surface area contributed by atoms with Gasteiger partial charge in [0.05, 0.1) is 19.0 Å². The number of sulfonamides is 1. The summed E-state index contributed by atoms with van der Waals surface area (Å²) in [5.74, 6) is 0.226. The number of nitrogens with one attached hydrogen (secondary N) is 2. The van der Waals surface area contributed by atoms with Crippen LogP contribution in [0.5, 0.6) is 0 Å². The molecule has 0 aromatic carbocycles. The molecule has 6 nitrogen and oxygen atoms in total. The smallest absolute Gasteiger partial charge is 0.211 e. The highest BCUT2D eigenvalue weighted by molar-refractivity contribution is 7.89. The fraction of sp³-hybridized carbons (Fsp3) is 1.00. The molecule has 1 saturated heterocycles. The van der Waals surface area contributed by atoms with Gasteiger partial charge in [-0.2, -0.15) is 0 Å². The molecule has 1 aliphatic heterocycles. The van der Waals surface area contributed by atoms with E-state index in [4.69, 9.17) is 4.74 Å². The molecule has 1 heterocycles. The summed E-state index contributed by atoms with van der Waals surface area (Å²) in [5, 5.41) is 3.27. The summed E-state index contributed by atoms with van der Waals surface area (Å²) >= 11 is 0. The van der Waals surface area contributed by atoms with Gasteiger partial charge in [0.25, 0.3) is 0 Å². The fourth-order valence-corrected chi connectivity index (χ4v) is 3.23. The monoisotopic (exact) mass is 307 g/mol. The molecule has 0 spiro atoms. The van der Waals surface area contributed by atoms with Crippen molar-refractivity contribution in [1.29, 1.82) is 0 Å². The minimum absolute atomic E-state index is 0.226. The first-order valence-electron chi connectivity index (χ1n) is 7.62. The van der Waals surface area contributed by atoms with Crippen LogP contribution in [0.3, 0.4) is 0 Å². The summed E-state index contributed by atoms with van der Waals surface area (Å²) < 4.78 is 31.5. The lowest BCUT2D eigenvalue weighted by molar-refractivity contribution is 0.0390. The number of unbranched alkanes of at least 4 members (excludes halogenated alkanes) is 1. The Morgan fingerprint density at radius 2 is 1.85 bits per heavy atom. The zero-order valence-corrected chi connectivity index (χ0v) is 13.4. The van der Waals surface area contributed by atoms with Gasteiger partial charge in [0, 0.05) is 26.2 Å². The lowest BCUT2D eigenvalue weighted by Gasteiger charge is -2.26. The van der Waals surface area contributed by atoms with E-state index in [1.54, 1.807) is 0 Å². The predicted molar refractivity (Wildman–Crippen MR) is 81.4 cm³/mol. The van der Waals surface area contributed by atoms with E-state index < -0.39 is 10.0 Å². The molecule has 0 saturated carbocycles. The Balaban J connectivity index is 2.02. The summed E-state index contributed by atoms with van der Waals surface area (Å²) in [6.07, 6.45) is 2.73. The highest BCUT2D eigenvalue weighted by Gasteiger charge is 2.12. The van der Waals surface area contributed by atoms with Crippen molar-refractivity contribution in [2.45, 2.75) is 26.2 Å². The molecule has 7 heteroatoms. The van der Waals surface area contributed by atoms with Crippen molar-refractivity contribution in [3.63, 3.8) is 0 Å². The third-order valence-corrected chi connectivity index (χ3v) is 4.77. The molecule has 120 valence electrons. The Morgan fingerprint density at radius 1 is 1.10 bits per heavy atom. The topological polar surface area (TPSA) is 70.7 Å². The molecular formula is C13H29N3O3S. The van der Waals surface area contributed by atoms with Crippen LogP contribution in [0.2, 0.25) is 0 Å². The molecule has 1 rings (SSSR count). The quantitative estimate of drug-likeness (QED) is 0.527. The van der Waals surface area contributed by atoms with Crippen molar-refractivity contribution >= 4 is 10.0 Å². The molecule has 0 atom stereocenters. The number of nitrogens with zero attached hydrogens (tertiary/aromatic N) is 1. The second-order valence-electron chi connectivity index (χ2n) is 5.12. The lowest BCUT2D eigenvalue weighted by atomic mass is 10.3. The molecule has 0 aromatic rings. The van der Waals surface area contributed by atoms with E-state index in [-0.39, 0.29) is 5.75 Å². The first-order chi connectivity index (χ1) is 9.64. The average molecular weight is 307 g/mol. The van der Waals surface area contributed by atoms with Gasteiger partial charge in [0.15, 0.2) is 0 Å². The second kappa shape index (κ2) is 10.5. The Bertz CT molecular complexity index is 330. The van der Waals surface area contributed by atoms with Crippen LogP contribution < -0.4 is 10.0 Å². The number of hydrogen-bond donors (Lipinski definition) is 2. The average Bonchev–Trinajstić information content (AvgIpc) is 2.44. The summed E-state index contributed by atoms with van der Waals surface area (Å²) in [6, 6.07) is 0. The minimum Gasteiger partial charge on any atom is -0.379 e. The van der Waals surface area contributed by atoms with Crippen molar-refractivity contribution in [2.24, 2.45) is 0 Å². The Morgan fingerprint density at radius 3 is 2.55 bits per heavy atom. The first kappa shape index (κ1) is 17.8. The maximum Gasteiger partial charge on any atom is 0.211 e. The van der Waals surface area contributed by atoms with Gasteiger partial charge in [-0.05, 0) is 32.4 Å². The normalized spacial score (nSPS) is 17.4. The zero-order valence-electron chi connectivity index (χ0n) is 12.6. The molecule has 0 aromatic heterocycles. The highest BCUT2D eigenvalue weighted by atomic mass is 32.2. The summed E-state index contributed by atoms with van der Waals surface area (Å²) in [6.45, 7) is 8.57. The summed E-state index contributed by atoms with van der Waals surface area (Å²) in [4.78, 5) is 2.22. The third-order valence-electron chi connectivity index (χ3n) is 3.30. The van der Waals surface area contributed by atoms with Crippen molar-refractivity contribution in [3.05, 3.63) is 0 Å². The SMILES string of the molecule is CCCNCCCCS(=O)(=O)NCCN1CCOCC1. The van der Waals surface area contributed by atoms with Crippen LogP contribution in [0.15, 0.2) is 0 Å². The lowest BCUT2D eigenvalue weighted by Crippen LogP contribution is -2.41. The van der Waals surface area contributed by atoms with Crippen molar-refractivity contribution in [2.75, 3.05) is 58.2 Å². The first-order valence-corrected chi connectivity index (χ1v) is 9.27.